The molecular weight excluding hydrogens is 288 g/mol. The summed E-state index contributed by atoms with van der Waals surface area (Å²) < 4.78 is 26.8. The smallest absolute Gasteiger partial charge is 0.261 e. The molecule has 21 heavy (non-hydrogen) atoms. The molecule has 7 heteroatoms. The van der Waals surface area contributed by atoms with Crippen molar-refractivity contribution in [2.24, 2.45) is 0 Å². The summed E-state index contributed by atoms with van der Waals surface area (Å²) in [6, 6.07) is 13.6. The Morgan fingerprint density at radius 2 is 1.67 bits per heavy atom. The van der Waals surface area contributed by atoms with Crippen LogP contribution in [0, 0.1) is 22.7 Å². The van der Waals surface area contributed by atoms with Gasteiger partial charge in [-0.1, -0.05) is 0 Å². The standard InChI is InChI=1S/C14H10N4O2S/c15-8-10-1-4-13(5-2-10)21(19,20)18-14-6-3-12(17)7-11(14)9-16/h1-7,18H,17H2. The molecule has 104 valence electrons. The van der Waals surface area contributed by atoms with Gasteiger partial charge in [-0.25, -0.2) is 8.42 Å². The molecule has 0 radical (unpaired) electrons. The highest BCUT2D eigenvalue weighted by atomic mass is 32.2. The Morgan fingerprint density at radius 3 is 2.24 bits per heavy atom. The lowest BCUT2D eigenvalue weighted by Gasteiger charge is -2.10. The fourth-order valence-electron chi connectivity index (χ4n) is 1.66. The van der Waals surface area contributed by atoms with E-state index in [2.05, 4.69) is 4.72 Å². The molecule has 3 N–H and O–H groups in total. The van der Waals surface area contributed by atoms with E-state index in [1.165, 1.54) is 42.5 Å². The molecule has 2 aromatic carbocycles. The predicted octanol–water partition coefficient (Wildman–Crippen LogP) is 1.81. The second-order valence-electron chi connectivity index (χ2n) is 4.16. The first-order valence-corrected chi connectivity index (χ1v) is 7.27. The largest absolute Gasteiger partial charge is 0.399 e. The van der Waals surface area contributed by atoms with E-state index < -0.39 is 10.0 Å². The number of nitrogens with zero attached hydrogens (tertiary/aromatic N) is 2. The van der Waals surface area contributed by atoms with Crippen molar-refractivity contribution in [3.8, 4) is 12.1 Å². The number of hydrogen-bond acceptors (Lipinski definition) is 5. The molecular formula is C14H10N4O2S. The maximum absolute atomic E-state index is 12.2. The summed E-state index contributed by atoms with van der Waals surface area (Å²) >= 11 is 0. The van der Waals surface area contributed by atoms with Crippen molar-refractivity contribution in [2.75, 3.05) is 10.5 Å². The maximum Gasteiger partial charge on any atom is 0.261 e. The van der Waals surface area contributed by atoms with Gasteiger partial charge in [0.2, 0.25) is 0 Å². The first-order chi connectivity index (χ1) is 9.96. The number of rotatable bonds is 3. The summed E-state index contributed by atoms with van der Waals surface area (Å²) in [6.07, 6.45) is 0. The molecule has 2 rings (SSSR count). The third-order valence-electron chi connectivity index (χ3n) is 2.70. The van der Waals surface area contributed by atoms with Crippen LogP contribution < -0.4 is 10.5 Å². The summed E-state index contributed by atoms with van der Waals surface area (Å²) in [5, 5.41) is 17.7. The zero-order valence-electron chi connectivity index (χ0n) is 10.7. The topological polar surface area (TPSA) is 120 Å². The van der Waals surface area contributed by atoms with Crippen molar-refractivity contribution < 1.29 is 8.42 Å². The first-order valence-electron chi connectivity index (χ1n) is 5.79. The molecule has 0 spiro atoms. The highest BCUT2D eigenvalue weighted by Crippen LogP contribution is 2.22. The van der Waals surface area contributed by atoms with Crippen LogP contribution in [0.3, 0.4) is 0 Å². The van der Waals surface area contributed by atoms with Crippen molar-refractivity contribution in [1.82, 2.24) is 0 Å². The van der Waals surface area contributed by atoms with Crippen molar-refractivity contribution >= 4 is 21.4 Å². The number of hydrogen-bond donors (Lipinski definition) is 2. The highest BCUT2D eigenvalue weighted by Gasteiger charge is 2.16. The number of nitrogen functional groups attached to an aromatic ring is 1. The molecule has 0 atom stereocenters. The molecule has 2 aromatic rings. The molecule has 0 unspecified atom stereocenters. The number of nitriles is 2. The van der Waals surface area contributed by atoms with Gasteiger partial charge in [0.05, 0.1) is 27.8 Å². The van der Waals surface area contributed by atoms with Crippen LogP contribution in [0.4, 0.5) is 11.4 Å². The van der Waals surface area contributed by atoms with Gasteiger partial charge in [0.25, 0.3) is 10.0 Å². The fourth-order valence-corrected chi connectivity index (χ4v) is 2.74. The van der Waals surface area contributed by atoms with Gasteiger partial charge in [-0.15, -0.1) is 0 Å². The second-order valence-corrected chi connectivity index (χ2v) is 5.84. The Hall–Kier alpha value is -3.03. The van der Waals surface area contributed by atoms with Crippen molar-refractivity contribution in [2.45, 2.75) is 4.90 Å². The molecule has 0 saturated heterocycles. The molecule has 0 aromatic heterocycles. The number of sulfonamides is 1. The average molecular weight is 298 g/mol. The third-order valence-corrected chi connectivity index (χ3v) is 4.08. The van der Waals surface area contributed by atoms with Gasteiger partial charge < -0.3 is 5.73 Å². The maximum atomic E-state index is 12.2. The van der Waals surface area contributed by atoms with Gasteiger partial charge in [0.1, 0.15) is 6.07 Å². The van der Waals surface area contributed by atoms with E-state index in [1.54, 1.807) is 0 Å². The first kappa shape index (κ1) is 14.4. The third kappa shape index (κ3) is 3.11. The van der Waals surface area contributed by atoms with Gasteiger partial charge in [0.15, 0.2) is 0 Å². The minimum absolute atomic E-state index is 0.00205. The number of anilines is 2. The summed E-state index contributed by atoms with van der Waals surface area (Å²) in [7, 11) is -3.84. The van der Waals surface area contributed by atoms with Crippen LogP contribution in [0.25, 0.3) is 0 Å². The van der Waals surface area contributed by atoms with Gasteiger partial charge in [-0.05, 0) is 42.5 Å². The van der Waals surface area contributed by atoms with E-state index in [1.807, 2.05) is 12.1 Å². The van der Waals surface area contributed by atoms with E-state index in [4.69, 9.17) is 16.3 Å². The van der Waals surface area contributed by atoms with Crippen molar-refractivity contribution in [1.29, 1.82) is 10.5 Å². The minimum Gasteiger partial charge on any atom is -0.399 e. The lowest BCUT2D eigenvalue weighted by molar-refractivity contribution is 0.601. The predicted molar refractivity (Wildman–Crippen MR) is 77.5 cm³/mol. The van der Waals surface area contributed by atoms with Crippen molar-refractivity contribution in [3.63, 3.8) is 0 Å². The monoisotopic (exact) mass is 298 g/mol. The lowest BCUT2D eigenvalue weighted by atomic mass is 10.2. The normalized spacial score (nSPS) is 10.4. The van der Waals surface area contributed by atoms with Gasteiger partial charge >= 0.3 is 0 Å². The Balaban J connectivity index is 2.38. The van der Waals surface area contributed by atoms with Crippen molar-refractivity contribution in [3.05, 3.63) is 53.6 Å². The Kier molecular flexibility index (Phi) is 3.79. The quantitative estimate of drug-likeness (QED) is 0.837. The summed E-state index contributed by atoms with van der Waals surface area (Å²) in [6.45, 7) is 0. The van der Waals surface area contributed by atoms with E-state index in [0.717, 1.165) is 0 Å². The van der Waals surface area contributed by atoms with Crippen LogP contribution in [0.1, 0.15) is 11.1 Å². The molecule has 0 bridgehead atoms. The summed E-state index contributed by atoms with van der Waals surface area (Å²) in [4.78, 5) is 0.00205. The van der Waals surface area contributed by atoms with Crippen LogP contribution in [0.15, 0.2) is 47.4 Å². The summed E-state index contributed by atoms with van der Waals surface area (Å²) in [5.74, 6) is 0. The molecule has 0 fully saturated rings. The number of benzene rings is 2. The molecule has 0 saturated carbocycles. The fraction of sp³-hybridized carbons (Fsp3) is 0. The SMILES string of the molecule is N#Cc1ccc(S(=O)(=O)Nc2ccc(N)cc2C#N)cc1. The number of nitrogens with one attached hydrogen (secondary N) is 1. The summed E-state index contributed by atoms with van der Waals surface area (Å²) in [5.41, 5.74) is 6.56. The van der Waals surface area contributed by atoms with Crippen LogP contribution in [-0.2, 0) is 10.0 Å². The molecule has 0 aliphatic heterocycles. The van der Waals surface area contributed by atoms with E-state index in [0.29, 0.717) is 11.3 Å². The van der Waals surface area contributed by atoms with Gasteiger partial charge in [-0.3, -0.25) is 4.72 Å². The number of nitrogens with two attached hydrogens (primary N) is 1. The minimum atomic E-state index is -3.84. The van der Waals surface area contributed by atoms with E-state index >= 15 is 0 Å². The highest BCUT2D eigenvalue weighted by molar-refractivity contribution is 7.92. The van der Waals surface area contributed by atoms with E-state index in [9.17, 15) is 8.42 Å². The molecule has 6 nitrogen and oxygen atoms in total. The van der Waals surface area contributed by atoms with E-state index in [-0.39, 0.29) is 16.1 Å². The Labute approximate surface area is 122 Å². The molecule has 0 heterocycles. The second kappa shape index (κ2) is 5.53. The zero-order chi connectivity index (χ0) is 15.5. The van der Waals surface area contributed by atoms with Gasteiger partial charge in [-0.2, -0.15) is 10.5 Å². The zero-order valence-corrected chi connectivity index (χ0v) is 11.6. The van der Waals surface area contributed by atoms with Crippen LogP contribution in [0.2, 0.25) is 0 Å². The van der Waals surface area contributed by atoms with Gasteiger partial charge in [0, 0.05) is 5.69 Å². The van der Waals surface area contributed by atoms with Crippen LogP contribution in [0.5, 0.6) is 0 Å². The lowest BCUT2D eigenvalue weighted by Crippen LogP contribution is -2.14. The Morgan fingerprint density at radius 1 is 1.00 bits per heavy atom. The Bertz CT molecular complexity index is 859. The molecule has 0 aliphatic rings. The average Bonchev–Trinajstić information content (AvgIpc) is 2.49. The molecule has 0 aliphatic carbocycles. The van der Waals surface area contributed by atoms with Crippen LogP contribution >= 0.6 is 0 Å². The van der Waals surface area contributed by atoms with Crippen LogP contribution in [-0.4, -0.2) is 8.42 Å². The molecule has 0 amide bonds.